The third kappa shape index (κ3) is 4.41. The molecule has 0 aliphatic carbocycles. The molecule has 1 N–H and O–H groups in total. The molecule has 2 bridgehead atoms. The van der Waals surface area contributed by atoms with Crippen LogP contribution >= 0.6 is 15.9 Å². The van der Waals surface area contributed by atoms with Gasteiger partial charge in [-0.15, -0.1) is 0 Å². The third-order valence-electron chi connectivity index (χ3n) is 7.40. The molecule has 3 saturated heterocycles. The Morgan fingerprint density at radius 1 is 1.14 bits per heavy atom. The summed E-state index contributed by atoms with van der Waals surface area (Å²) in [6, 6.07) is 16.0. The number of nitrogens with zero attached hydrogens (tertiary/aromatic N) is 3. The van der Waals surface area contributed by atoms with Crippen LogP contribution in [0.3, 0.4) is 0 Å². The van der Waals surface area contributed by atoms with E-state index in [4.69, 9.17) is 19.4 Å². The zero-order valence-corrected chi connectivity index (χ0v) is 21.1. The molecule has 4 aliphatic rings. The van der Waals surface area contributed by atoms with Crippen LogP contribution in [0.5, 0.6) is 11.5 Å². The van der Waals surface area contributed by atoms with Gasteiger partial charge in [0.05, 0.1) is 5.69 Å². The number of fused-ring (bicyclic) bond motifs is 4. The molecule has 8 heteroatoms. The normalized spacial score (nSPS) is 24.4. The van der Waals surface area contributed by atoms with Crippen LogP contribution in [0, 0.1) is 12.8 Å². The summed E-state index contributed by atoms with van der Waals surface area (Å²) >= 11 is 3.66. The predicted molar refractivity (Wildman–Crippen MR) is 136 cm³/mol. The number of aryl methyl sites for hydroxylation is 1. The van der Waals surface area contributed by atoms with Gasteiger partial charge in [0.1, 0.15) is 5.82 Å². The molecular weight excluding hydrogens is 508 g/mol. The number of benzene rings is 2. The number of amides is 1. The van der Waals surface area contributed by atoms with E-state index in [1.54, 1.807) is 18.2 Å². The number of hydrogen-bond donors (Lipinski definition) is 1. The smallest absolute Gasteiger partial charge is 0.251 e. The maximum Gasteiger partial charge on any atom is 0.251 e. The molecule has 7 nitrogen and oxygen atoms in total. The number of aromatic nitrogens is 2. The molecule has 4 aliphatic heterocycles. The summed E-state index contributed by atoms with van der Waals surface area (Å²) < 4.78 is 11.8. The van der Waals surface area contributed by atoms with E-state index in [1.807, 2.05) is 25.1 Å². The highest BCUT2D eigenvalue weighted by Gasteiger charge is 2.41. The maximum absolute atomic E-state index is 12.8. The number of piperidine rings is 3. The van der Waals surface area contributed by atoms with E-state index >= 15 is 0 Å². The number of carbonyl (C=O) groups is 1. The zero-order chi connectivity index (χ0) is 23.9. The maximum atomic E-state index is 12.8. The highest BCUT2D eigenvalue weighted by molar-refractivity contribution is 9.10. The SMILES string of the molecule is Cc1nc(-c2ccccc2Br)cc([C@H]2CN3CC[C@H]2C[C@@H]3CNC(=O)c2ccc3c(c2)OCO3)n1. The molecule has 1 unspecified atom stereocenters. The molecule has 0 spiro atoms. The van der Waals surface area contributed by atoms with Crippen molar-refractivity contribution in [1.29, 1.82) is 0 Å². The first-order valence-corrected chi connectivity index (χ1v) is 12.9. The highest BCUT2D eigenvalue weighted by atomic mass is 79.9. The fourth-order valence-electron chi connectivity index (χ4n) is 5.62. The summed E-state index contributed by atoms with van der Waals surface area (Å²) in [6.07, 6.45) is 2.21. The Bertz CT molecular complexity index is 1280. The van der Waals surface area contributed by atoms with Crippen molar-refractivity contribution in [3.05, 3.63) is 70.1 Å². The Kier molecular flexibility index (Phi) is 5.94. The highest BCUT2D eigenvalue weighted by Crippen LogP contribution is 2.42. The van der Waals surface area contributed by atoms with E-state index in [-0.39, 0.29) is 12.7 Å². The van der Waals surface area contributed by atoms with Crippen LogP contribution < -0.4 is 14.8 Å². The summed E-state index contributed by atoms with van der Waals surface area (Å²) in [5, 5.41) is 3.14. The monoisotopic (exact) mass is 534 g/mol. The van der Waals surface area contributed by atoms with Crippen molar-refractivity contribution in [2.45, 2.75) is 31.7 Å². The van der Waals surface area contributed by atoms with Crippen LogP contribution in [0.4, 0.5) is 0 Å². The average molecular weight is 535 g/mol. The number of nitrogens with one attached hydrogen (secondary N) is 1. The zero-order valence-electron chi connectivity index (χ0n) is 19.5. The summed E-state index contributed by atoms with van der Waals surface area (Å²) in [5.74, 6) is 2.97. The van der Waals surface area contributed by atoms with Gasteiger partial charge in [0.25, 0.3) is 5.91 Å². The van der Waals surface area contributed by atoms with Gasteiger partial charge in [0.2, 0.25) is 6.79 Å². The summed E-state index contributed by atoms with van der Waals surface area (Å²) in [6.45, 7) is 4.84. The lowest BCUT2D eigenvalue weighted by Gasteiger charge is -2.49. The molecule has 1 aromatic heterocycles. The van der Waals surface area contributed by atoms with Crippen molar-refractivity contribution < 1.29 is 14.3 Å². The van der Waals surface area contributed by atoms with Crippen molar-refractivity contribution in [2.24, 2.45) is 5.92 Å². The van der Waals surface area contributed by atoms with E-state index in [0.29, 0.717) is 41.5 Å². The van der Waals surface area contributed by atoms with Gasteiger partial charge in [-0.05, 0) is 62.6 Å². The lowest BCUT2D eigenvalue weighted by Crippen LogP contribution is -2.56. The summed E-state index contributed by atoms with van der Waals surface area (Å²) in [7, 11) is 0. The minimum atomic E-state index is -0.0769. The molecule has 35 heavy (non-hydrogen) atoms. The van der Waals surface area contributed by atoms with Crippen LogP contribution in [0.15, 0.2) is 53.0 Å². The molecule has 3 fully saturated rings. The molecule has 2 aromatic carbocycles. The van der Waals surface area contributed by atoms with Crippen LogP contribution in [-0.4, -0.2) is 53.2 Å². The molecule has 5 heterocycles. The van der Waals surface area contributed by atoms with Gasteiger partial charge in [-0.25, -0.2) is 9.97 Å². The number of hydrogen-bond acceptors (Lipinski definition) is 6. The molecule has 0 radical (unpaired) electrons. The lowest BCUT2D eigenvalue weighted by atomic mass is 9.74. The van der Waals surface area contributed by atoms with Gasteiger partial charge < -0.3 is 14.8 Å². The van der Waals surface area contributed by atoms with Gasteiger partial charge >= 0.3 is 0 Å². The number of halogens is 1. The van der Waals surface area contributed by atoms with Gasteiger partial charge in [-0.2, -0.15) is 0 Å². The standard InChI is InChI=1S/C27H27BrN4O3/c1-16-30-23(20-4-2-3-5-22(20)28)12-24(31-16)21-14-32-9-8-17(21)10-19(32)13-29-27(33)18-6-7-25-26(11-18)35-15-34-25/h2-7,11-12,17,19,21H,8-10,13-15H2,1H3,(H,29,33)/t17-,19+,21-/m0/s1. The third-order valence-corrected chi connectivity index (χ3v) is 8.09. The van der Waals surface area contributed by atoms with Crippen molar-refractivity contribution in [1.82, 2.24) is 20.2 Å². The Morgan fingerprint density at radius 3 is 2.83 bits per heavy atom. The van der Waals surface area contributed by atoms with Crippen molar-refractivity contribution >= 4 is 21.8 Å². The van der Waals surface area contributed by atoms with Crippen LogP contribution in [0.1, 0.15) is 40.6 Å². The van der Waals surface area contributed by atoms with Crippen molar-refractivity contribution in [2.75, 3.05) is 26.4 Å². The van der Waals surface area contributed by atoms with Gasteiger partial charge in [-0.1, -0.05) is 34.1 Å². The second kappa shape index (κ2) is 9.24. The Labute approximate surface area is 213 Å². The average Bonchev–Trinajstić information content (AvgIpc) is 3.35. The topological polar surface area (TPSA) is 76.6 Å². The number of rotatable bonds is 5. The fourth-order valence-corrected chi connectivity index (χ4v) is 6.11. The molecule has 4 atom stereocenters. The largest absolute Gasteiger partial charge is 0.454 e. The first kappa shape index (κ1) is 22.5. The van der Waals surface area contributed by atoms with Gasteiger partial charge in [0.15, 0.2) is 11.5 Å². The van der Waals surface area contributed by atoms with E-state index in [9.17, 15) is 4.79 Å². The molecule has 7 rings (SSSR count). The van der Waals surface area contributed by atoms with Crippen molar-refractivity contribution in [3.8, 4) is 22.8 Å². The Balaban J connectivity index is 1.14. The van der Waals surface area contributed by atoms with Crippen LogP contribution in [0.25, 0.3) is 11.3 Å². The van der Waals surface area contributed by atoms with E-state index < -0.39 is 0 Å². The second-order valence-corrected chi connectivity index (χ2v) is 10.4. The predicted octanol–water partition coefficient (Wildman–Crippen LogP) is 4.55. The van der Waals surface area contributed by atoms with Crippen LogP contribution in [-0.2, 0) is 0 Å². The van der Waals surface area contributed by atoms with E-state index in [2.05, 4.69) is 38.3 Å². The van der Waals surface area contributed by atoms with Gasteiger partial charge in [0, 0.05) is 46.3 Å². The van der Waals surface area contributed by atoms with E-state index in [1.165, 1.54) is 0 Å². The van der Waals surface area contributed by atoms with Gasteiger partial charge in [-0.3, -0.25) is 9.69 Å². The first-order valence-electron chi connectivity index (χ1n) is 12.1. The molecule has 180 valence electrons. The second-order valence-electron chi connectivity index (χ2n) is 9.52. The number of ether oxygens (including phenoxy) is 2. The molecule has 0 saturated carbocycles. The minimum absolute atomic E-state index is 0.0769. The summed E-state index contributed by atoms with van der Waals surface area (Å²) in [5.41, 5.74) is 3.77. The Morgan fingerprint density at radius 2 is 2.00 bits per heavy atom. The fraction of sp³-hybridized carbons (Fsp3) is 0.370. The molecule has 1 amide bonds. The first-order chi connectivity index (χ1) is 17.0. The lowest BCUT2D eigenvalue weighted by molar-refractivity contribution is 0.0290. The van der Waals surface area contributed by atoms with E-state index in [0.717, 1.165) is 53.2 Å². The molecule has 3 aromatic rings. The quantitative estimate of drug-likeness (QED) is 0.517. The Hall–Kier alpha value is -2.97. The molecular formula is C27H27BrN4O3. The minimum Gasteiger partial charge on any atom is -0.454 e. The number of carbonyl (C=O) groups excluding carboxylic acids is 1. The van der Waals surface area contributed by atoms with Crippen molar-refractivity contribution in [3.63, 3.8) is 0 Å². The van der Waals surface area contributed by atoms with Crippen LogP contribution in [0.2, 0.25) is 0 Å². The summed E-state index contributed by atoms with van der Waals surface area (Å²) in [4.78, 5) is 24.9.